The summed E-state index contributed by atoms with van der Waals surface area (Å²) in [6, 6.07) is 5.26. The molecule has 0 aliphatic carbocycles. The van der Waals surface area contributed by atoms with Crippen molar-refractivity contribution in [3.8, 4) is 0 Å². The van der Waals surface area contributed by atoms with Gasteiger partial charge >= 0.3 is 5.76 Å². The summed E-state index contributed by atoms with van der Waals surface area (Å²) >= 11 is 0. The average Bonchev–Trinajstić information content (AvgIpc) is 2.72. The van der Waals surface area contributed by atoms with Gasteiger partial charge in [-0.15, -0.1) is 0 Å². The fourth-order valence-electron chi connectivity index (χ4n) is 2.16. The van der Waals surface area contributed by atoms with Gasteiger partial charge in [0.25, 0.3) is 0 Å². The van der Waals surface area contributed by atoms with Crippen molar-refractivity contribution in [2.75, 3.05) is 0 Å². The summed E-state index contributed by atoms with van der Waals surface area (Å²) in [6.07, 6.45) is 3.29. The van der Waals surface area contributed by atoms with Gasteiger partial charge in [0.2, 0.25) is 0 Å². The number of hydrogen-bond donors (Lipinski definition) is 0. The van der Waals surface area contributed by atoms with Crippen LogP contribution < -0.4 is 5.76 Å². The molecule has 1 heterocycles. The van der Waals surface area contributed by atoms with Crippen LogP contribution in [0.2, 0.25) is 0 Å². The molecule has 1 aromatic carbocycles. The fraction of sp³-hybridized carbons (Fsp3) is 0.467. The highest BCUT2D eigenvalue weighted by Crippen LogP contribution is 2.17. The molecule has 2 rings (SSSR count). The first-order valence-corrected chi connectivity index (χ1v) is 6.84. The number of rotatable bonds is 6. The third kappa shape index (κ3) is 2.78. The Morgan fingerprint density at radius 1 is 1.26 bits per heavy atom. The number of unbranched alkanes of at least 4 members (excludes halogenated alkanes) is 1. The lowest BCUT2D eigenvalue weighted by Crippen LogP contribution is -2.13. The van der Waals surface area contributed by atoms with E-state index in [1.165, 1.54) is 0 Å². The first kappa shape index (κ1) is 13.6. The number of carbonyl (C=O) groups excluding carboxylic acids is 1. The minimum atomic E-state index is -0.352. The third-order valence-electron chi connectivity index (χ3n) is 3.19. The highest BCUT2D eigenvalue weighted by atomic mass is 16.4. The lowest BCUT2D eigenvalue weighted by atomic mass is 10.1. The standard InChI is InChI=1S/C15H19NO3/c1-3-5-6-13(17)11-7-8-12-14(10-11)19-15(18)16(12)9-4-2/h7-8,10H,3-6,9H2,1-2H3. The van der Waals surface area contributed by atoms with Gasteiger partial charge in [0, 0.05) is 18.5 Å². The van der Waals surface area contributed by atoms with Crippen molar-refractivity contribution in [2.45, 2.75) is 46.1 Å². The molecule has 0 N–H and O–H groups in total. The number of oxazole rings is 1. The van der Waals surface area contributed by atoms with Crippen molar-refractivity contribution in [3.63, 3.8) is 0 Å². The number of fused-ring (bicyclic) bond motifs is 1. The van der Waals surface area contributed by atoms with Crippen LogP contribution in [0.1, 0.15) is 49.9 Å². The molecule has 102 valence electrons. The molecule has 1 aromatic heterocycles. The van der Waals surface area contributed by atoms with Gasteiger partial charge < -0.3 is 4.42 Å². The number of aromatic nitrogens is 1. The summed E-state index contributed by atoms with van der Waals surface area (Å²) in [5.41, 5.74) is 1.89. The summed E-state index contributed by atoms with van der Waals surface area (Å²) < 4.78 is 6.81. The quantitative estimate of drug-likeness (QED) is 0.749. The van der Waals surface area contributed by atoms with Crippen LogP contribution in [0.25, 0.3) is 11.1 Å². The number of ketones is 1. The Kier molecular flexibility index (Phi) is 4.20. The molecule has 0 bridgehead atoms. The summed E-state index contributed by atoms with van der Waals surface area (Å²) in [5.74, 6) is -0.246. The van der Waals surface area contributed by atoms with E-state index in [4.69, 9.17) is 4.42 Å². The normalized spacial score (nSPS) is 11.1. The molecule has 4 nitrogen and oxygen atoms in total. The van der Waals surface area contributed by atoms with Crippen LogP contribution in [0.5, 0.6) is 0 Å². The van der Waals surface area contributed by atoms with E-state index < -0.39 is 0 Å². The molecule has 0 radical (unpaired) electrons. The van der Waals surface area contributed by atoms with Crippen LogP contribution in [0.3, 0.4) is 0 Å². The van der Waals surface area contributed by atoms with Crippen LogP contribution in [-0.2, 0) is 6.54 Å². The molecule has 0 aliphatic heterocycles. The Balaban J connectivity index is 2.36. The maximum atomic E-state index is 11.9. The zero-order valence-corrected chi connectivity index (χ0v) is 11.4. The van der Waals surface area contributed by atoms with E-state index in [2.05, 4.69) is 6.92 Å². The van der Waals surface area contributed by atoms with E-state index in [0.717, 1.165) is 24.8 Å². The zero-order valence-electron chi connectivity index (χ0n) is 11.4. The number of hydrogen-bond acceptors (Lipinski definition) is 3. The van der Waals surface area contributed by atoms with Gasteiger partial charge in [-0.2, -0.15) is 0 Å². The molecule has 0 saturated carbocycles. The molecule has 0 amide bonds. The van der Waals surface area contributed by atoms with Crippen LogP contribution >= 0.6 is 0 Å². The molecular formula is C15H19NO3. The van der Waals surface area contributed by atoms with Crippen molar-refractivity contribution in [1.29, 1.82) is 0 Å². The molecule has 0 atom stereocenters. The molecule has 2 aromatic rings. The maximum absolute atomic E-state index is 11.9. The summed E-state index contributed by atoms with van der Waals surface area (Å²) in [4.78, 5) is 23.6. The van der Waals surface area contributed by atoms with Gasteiger partial charge in [0.05, 0.1) is 5.52 Å². The van der Waals surface area contributed by atoms with Gasteiger partial charge in [0.1, 0.15) is 0 Å². The topological polar surface area (TPSA) is 52.2 Å². The number of benzene rings is 1. The van der Waals surface area contributed by atoms with Crippen LogP contribution in [-0.4, -0.2) is 10.4 Å². The SMILES string of the molecule is CCCCC(=O)c1ccc2c(c1)oc(=O)n2CCC. The van der Waals surface area contributed by atoms with Gasteiger partial charge in [-0.05, 0) is 31.0 Å². The minimum Gasteiger partial charge on any atom is -0.408 e. The van der Waals surface area contributed by atoms with Gasteiger partial charge in [-0.3, -0.25) is 9.36 Å². The fourth-order valence-corrected chi connectivity index (χ4v) is 2.16. The largest absolute Gasteiger partial charge is 0.419 e. The second-order valence-electron chi connectivity index (χ2n) is 4.73. The van der Waals surface area contributed by atoms with Crippen molar-refractivity contribution in [3.05, 3.63) is 34.3 Å². The first-order valence-electron chi connectivity index (χ1n) is 6.84. The van der Waals surface area contributed by atoms with E-state index in [9.17, 15) is 9.59 Å². The Morgan fingerprint density at radius 2 is 2.05 bits per heavy atom. The van der Waals surface area contributed by atoms with Crippen molar-refractivity contribution in [1.82, 2.24) is 4.57 Å². The third-order valence-corrected chi connectivity index (χ3v) is 3.19. The van der Waals surface area contributed by atoms with Crippen molar-refractivity contribution < 1.29 is 9.21 Å². The molecule has 0 fully saturated rings. The van der Waals surface area contributed by atoms with Crippen LogP contribution in [0, 0.1) is 0 Å². The highest BCUT2D eigenvalue weighted by molar-refractivity contribution is 5.98. The lowest BCUT2D eigenvalue weighted by molar-refractivity contribution is 0.0980. The summed E-state index contributed by atoms with van der Waals surface area (Å²) in [6.45, 7) is 4.70. The lowest BCUT2D eigenvalue weighted by Gasteiger charge is -2.01. The number of Topliss-reactive ketones (excluding diaryl/α,β-unsaturated/α-hetero) is 1. The Bertz CT molecular complexity index is 636. The second kappa shape index (κ2) is 5.87. The molecule has 19 heavy (non-hydrogen) atoms. The molecule has 0 aliphatic rings. The summed E-state index contributed by atoms with van der Waals surface area (Å²) in [5, 5.41) is 0. The Labute approximate surface area is 112 Å². The van der Waals surface area contributed by atoms with Crippen LogP contribution in [0.15, 0.2) is 27.4 Å². The Hall–Kier alpha value is -1.84. The van der Waals surface area contributed by atoms with E-state index in [1.54, 1.807) is 22.8 Å². The second-order valence-corrected chi connectivity index (χ2v) is 4.73. The van der Waals surface area contributed by atoms with Gasteiger partial charge in [-0.25, -0.2) is 4.79 Å². The van der Waals surface area contributed by atoms with Crippen molar-refractivity contribution >= 4 is 16.9 Å². The maximum Gasteiger partial charge on any atom is 0.419 e. The molecule has 0 unspecified atom stereocenters. The molecule has 4 heteroatoms. The predicted octanol–water partition coefficient (Wildman–Crippen LogP) is 3.38. The van der Waals surface area contributed by atoms with Crippen LogP contribution in [0.4, 0.5) is 0 Å². The van der Waals surface area contributed by atoms with E-state index >= 15 is 0 Å². The van der Waals surface area contributed by atoms with E-state index in [0.29, 0.717) is 24.1 Å². The Morgan fingerprint density at radius 3 is 2.74 bits per heavy atom. The monoisotopic (exact) mass is 261 g/mol. The van der Waals surface area contributed by atoms with Crippen molar-refractivity contribution in [2.24, 2.45) is 0 Å². The minimum absolute atomic E-state index is 0.106. The molecular weight excluding hydrogens is 242 g/mol. The predicted molar refractivity (Wildman–Crippen MR) is 74.6 cm³/mol. The summed E-state index contributed by atoms with van der Waals surface area (Å²) in [7, 11) is 0. The number of aryl methyl sites for hydroxylation is 1. The zero-order chi connectivity index (χ0) is 13.8. The highest BCUT2D eigenvalue weighted by Gasteiger charge is 2.12. The molecule has 0 spiro atoms. The molecule has 0 saturated heterocycles. The van der Waals surface area contributed by atoms with E-state index in [1.807, 2.05) is 6.92 Å². The smallest absolute Gasteiger partial charge is 0.408 e. The average molecular weight is 261 g/mol. The van der Waals surface area contributed by atoms with E-state index in [-0.39, 0.29) is 11.5 Å². The number of nitrogens with zero attached hydrogens (tertiary/aromatic N) is 1. The van der Waals surface area contributed by atoms with Gasteiger partial charge in [0.15, 0.2) is 11.4 Å². The number of carbonyl (C=O) groups is 1. The first-order chi connectivity index (χ1) is 9.17. The van der Waals surface area contributed by atoms with Gasteiger partial charge in [-0.1, -0.05) is 20.3 Å².